The molecule has 6 heteroatoms. The molecule has 5 nitrogen and oxygen atoms in total. The Labute approximate surface area is 132 Å². The lowest BCUT2D eigenvalue weighted by Gasteiger charge is -2.17. The van der Waals surface area contributed by atoms with Gasteiger partial charge in [-0.2, -0.15) is 0 Å². The molecule has 0 aliphatic rings. The molecule has 2 aromatic rings. The third-order valence-electron chi connectivity index (χ3n) is 3.21. The molecule has 112 valence electrons. The number of benzene rings is 1. The number of nitrogens with one attached hydrogen (secondary N) is 1. The molecule has 0 spiro atoms. The molecule has 0 bridgehead atoms. The molecule has 0 saturated carbocycles. The molecular weight excluding hydrogens is 334 g/mol. The van der Waals surface area contributed by atoms with Crippen molar-refractivity contribution in [3.05, 3.63) is 46.2 Å². The van der Waals surface area contributed by atoms with E-state index in [1.807, 2.05) is 18.2 Å². The number of nitrogens with zero attached hydrogens (tertiary/aromatic N) is 2. The van der Waals surface area contributed by atoms with Crippen molar-refractivity contribution in [1.29, 1.82) is 0 Å². The Hall–Kier alpha value is -1.66. The average molecular weight is 352 g/mol. The van der Waals surface area contributed by atoms with Crippen LogP contribution in [0, 0.1) is 0 Å². The molecule has 0 radical (unpaired) electrons. The fraction of sp³-hybridized carbons (Fsp3) is 0.333. The molecule has 1 aromatic heterocycles. The van der Waals surface area contributed by atoms with Gasteiger partial charge in [0.1, 0.15) is 6.33 Å². The summed E-state index contributed by atoms with van der Waals surface area (Å²) in [5.41, 5.74) is 1.99. The van der Waals surface area contributed by atoms with Gasteiger partial charge in [0.15, 0.2) is 0 Å². The first-order valence-electron chi connectivity index (χ1n) is 6.57. The normalized spacial score (nSPS) is 12.0. The molecule has 0 aliphatic carbocycles. The Morgan fingerprint density at radius 2 is 1.76 bits per heavy atom. The summed E-state index contributed by atoms with van der Waals surface area (Å²) in [6, 6.07) is 8.29. The summed E-state index contributed by atoms with van der Waals surface area (Å²) < 4.78 is 11.6. The van der Waals surface area contributed by atoms with Crippen LogP contribution in [0.15, 0.2) is 35.1 Å². The van der Waals surface area contributed by atoms with Crippen LogP contribution in [0.25, 0.3) is 0 Å². The van der Waals surface area contributed by atoms with Crippen LogP contribution >= 0.6 is 15.9 Å². The van der Waals surface area contributed by atoms with Crippen LogP contribution in [0.5, 0.6) is 11.8 Å². The van der Waals surface area contributed by atoms with Gasteiger partial charge in [-0.15, -0.1) is 0 Å². The van der Waals surface area contributed by atoms with Crippen LogP contribution in [-0.2, 0) is 6.54 Å². The van der Waals surface area contributed by atoms with E-state index in [0.717, 1.165) is 10.0 Å². The van der Waals surface area contributed by atoms with Crippen LogP contribution in [-0.4, -0.2) is 24.2 Å². The Balaban J connectivity index is 2.15. The largest absolute Gasteiger partial charge is 0.481 e. The summed E-state index contributed by atoms with van der Waals surface area (Å²) in [4.78, 5) is 8.22. The van der Waals surface area contributed by atoms with E-state index < -0.39 is 0 Å². The van der Waals surface area contributed by atoms with Gasteiger partial charge >= 0.3 is 0 Å². The number of halogens is 1. The number of rotatable bonds is 6. The quantitative estimate of drug-likeness (QED) is 0.866. The van der Waals surface area contributed by atoms with Crippen molar-refractivity contribution >= 4 is 15.9 Å². The number of aromatic nitrogens is 2. The Morgan fingerprint density at radius 3 is 2.33 bits per heavy atom. The smallest absolute Gasteiger partial charge is 0.224 e. The Morgan fingerprint density at radius 1 is 1.14 bits per heavy atom. The summed E-state index contributed by atoms with van der Waals surface area (Å²) >= 11 is 3.57. The standard InChI is InChI=1S/C15H18BrN3O2/c1-10(11-6-4-5-7-13(11)16)17-8-12-14(20-2)18-9-19-15(12)21-3/h4-7,9-10,17H,8H2,1-3H3/t10-/m1/s1. The topological polar surface area (TPSA) is 56.3 Å². The first-order valence-corrected chi connectivity index (χ1v) is 7.36. The van der Waals surface area contributed by atoms with Gasteiger partial charge in [-0.1, -0.05) is 34.1 Å². The van der Waals surface area contributed by atoms with Crippen molar-refractivity contribution in [2.75, 3.05) is 14.2 Å². The summed E-state index contributed by atoms with van der Waals surface area (Å²) in [5, 5.41) is 3.44. The molecule has 1 heterocycles. The molecule has 1 atom stereocenters. The van der Waals surface area contributed by atoms with Crippen molar-refractivity contribution in [2.45, 2.75) is 19.5 Å². The maximum atomic E-state index is 5.27. The van der Waals surface area contributed by atoms with E-state index in [1.54, 1.807) is 14.2 Å². The highest BCUT2D eigenvalue weighted by atomic mass is 79.9. The lowest BCUT2D eigenvalue weighted by Crippen LogP contribution is -2.20. The van der Waals surface area contributed by atoms with Crippen molar-refractivity contribution in [3.63, 3.8) is 0 Å². The third-order valence-corrected chi connectivity index (χ3v) is 3.93. The predicted molar refractivity (Wildman–Crippen MR) is 84.5 cm³/mol. The first kappa shape index (κ1) is 15.7. The van der Waals surface area contributed by atoms with Gasteiger partial charge in [0, 0.05) is 17.1 Å². The predicted octanol–water partition coefficient (Wildman–Crippen LogP) is 3.11. The van der Waals surface area contributed by atoms with Crippen molar-refractivity contribution in [3.8, 4) is 11.8 Å². The maximum absolute atomic E-state index is 5.27. The molecule has 0 fully saturated rings. The molecule has 0 amide bonds. The molecule has 2 rings (SSSR count). The Bertz CT molecular complexity index is 585. The summed E-state index contributed by atoms with van der Waals surface area (Å²) in [7, 11) is 3.17. The third kappa shape index (κ3) is 3.71. The molecule has 0 aliphatic heterocycles. The number of hydrogen-bond acceptors (Lipinski definition) is 5. The van der Waals surface area contributed by atoms with Crippen molar-refractivity contribution < 1.29 is 9.47 Å². The first-order chi connectivity index (χ1) is 10.2. The highest BCUT2D eigenvalue weighted by Crippen LogP contribution is 2.26. The zero-order chi connectivity index (χ0) is 15.2. The number of hydrogen-bond donors (Lipinski definition) is 1. The van der Waals surface area contributed by atoms with Gasteiger partial charge in [0.25, 0.3) is 0 Å². The highest BCUT2D eigenvalue weighted by molar-refractivity contribution is 9.10. The van der Waals surface area contributed by atoms with Crippen LogP contribution < -0.4 is 14.8 Å². The van der Waals surface area contributed by atoms with Gasteiger partial charge in [-0.05, 0) is 18.6 Å². The van der Waals surface area contributed by atoms with Crippen LogP contribution in [0.2, 0.25) is 0 Å². The molecule has 1 aromatic carbocycles. The second kappa shape index (κ2) is 7.38. The maximum Gasteiger partial charge on any atom is 0.224 e. The lowest BCUT2D eigenvalue weighted by atomic mass is 10.1. The van der Waals surface area contributed by atoms with E-state index in [9.17, 15) is 0 Å². The summed E-state index contributed by atoms with van der Waals surface area (Å²) in [6.45, 7) is 2.65. The average Bonchev–Trinajstić information content (AvgIpc) is 2.52. The van der Waals surface area contributed by atoms with E-state index in [2.05, 4.69) is 44.2 Å². The van der Waals surface area contributed by atoms with Crippen LogP contribution in [0.1, 0.15) is 24.1 Å². The second-order valence-electron chi connectivity index (χ2n) is 4.49. The van der Waals surface area contributed by atoms with E-state index in [4.69, 9.17) is 9.47 Å². The minimum atomic E-state index is 0.162. The van der Waals surface area contributed by atoms with Gasteiger partial charge in [0.05, 0.1) is 19.8 Å². The minimum absolute atomic E-state index is 0.162. The van der Waals surface area contributed by atoms with E-state index in [-0.39, 0.29) is 6.04 Å². The van der Waals surface area contributed by atoms with E-state index in [1.165, 1.54) is 11.9 Å². The molecular formula is C15H18BrN3O2. The monoisotopic (exact) mass is 351 g/mol. The Kier molecular flexibility index (Phi) is 5.52. The van der Waals surface area contributed by atoms with Crippen molar-refractivity contribution in [1.82, 2.24) is 15.3 Å². The fourth-order valence-corrected chi connectivity index (χ4v) is 2.70. The van der Waals surface area contributed by atoms with Gasteiger partial charge in [-0.3, -0.25) is 0 Å². The highest BCUT2D eigenvalue weighted by Gasteiger charge is 2.15. The number of ether oxygens (including phenoxy) is 2. The second-order valence-corrected chi connectivity index (χ2v) is 5.35. The lowest BCUT2D eigenvalue weighted by molar-refractivity contribution is 0.357. The van der Waals surface area contributed by atoms with E-state index in [0.29, 0.717) is 18.3 Å². The zero-order valence-corrected chi connectivity index (χ0v) is 13.8. The SMILES string of the molecule is COc1ncnc(OC)c1CN[C@H](C)c1ccccc1Br. The molecule has 0 unspecified atom stereocenters. The van der Waals surface area contributed by atoms with Gasteiger partial charge < -0.3 is 14.8 Å². The van der Waals surface area contributed by atoms with Crippen molar-refractivity contribution in [2.24, 2.45) is 0 Å². The molecule has 21 heavy (non-hydrogen) atoms. The van der Waals surface area contributed by atoms with Gasteiger partial charge in [0.2, 0.25) is 11.8 Å². The number of methoxy groups -OCH3 is 2. The summed E-state index contributed by atoms with van der Waals surface area (Å²) in [6.07, 6.45) is 1.43. The zero-order valence-electron chi connectivity index (χ0n) is 12.3. The van der Waals surface area contributed by atoms with Crippen LogP contribution in [0.4, 0.5) is 0 Å². The molecule has 0 saturated heterocycles. The van der Waals surface area contributed by atoms with Gasteiger partial charge in [-0.25, -0.2) is 9.97 Å². The van der Waals surface area contributed by atoms with Crippen LogP contribution in [0.3, 0.4) is 0 Å². The minimum Gasteiger partial charge on any atom is -0.481 e. The summed E-state index contributed by atoms with van der Waals surface area (Å²) in [5.74, 6) is 1.04. The van der Waals surface area contributed by atoms with E-state index >= 15 is 0 Å². The fourth-order valence-electron chi connectivity index (χ4n) is 2.08. The molecule has 1 N–H and O–H groups in total.